The molecule has 2 N–H and O–H groups in total. The van der Waals surface area contributed by atoms with E-state index in [1.165, 1.54) is 41.0 Å². The Hall–Kier alpha value is -4.38. The smallest absolute Gasteiger partial charge is 0.328 e. The number of halogens is 2. The number of piperazine rings is 1. The molecule has 45 heavy (non-hydrogen) atoms. The zero-order chi connectivity index (χ0) is 32.2. The molecule has 8 nitrogen and oxygen atoms in total. The summed E-state index contributed by atoms with van der Waals surface area (Å²) in [6.07, 6.45) is 5.28. The fourth-order valence-corrected chi connectivity index (χ4v) is 5.34. The van der Waals surface area contributed by atoms with Gasteiger partial charge in [0.05, 0.1) is 13.7 Å². The Morgan fingerprint density at radius 1 is 0.822 bits per heavy atom. The Morgan fingerprint density at radius 3 is 1.91 bits per heavy atom. The number of carbonyl (C=O) groups is 2. The average molecular weight is 621 g/mol. The zero-order valence-electron chi connectivity index (χ0n) is 25.2. The van der Waals surface area contributed by atoms with Crippen molar-refractivity contribution < 1.29 is 38.1 Å². The van der Waals surface area contributed by atoms with E-state index in [2.05, 4.69) is 28.0 Å². The van der Waals surface area contributed by atoms with Crippen LogP contribution in [0.1, 0.15) is 34.8 Å². The Kier molecular flexibility index (Phi) is 12.4. The van der Waals surface area contributed by atoms with Crippen LogP contribution in [0.5, 0.6) is 5.75 Å². The first kappa shape index (κ1) is 33.5. The number of fused-ring (bicyclic) bond motifs is 1. The molecule has 1 heterocycles. The van der Waals surface area contributed by atoms with E-state index in [-0.39, 0.29) is 17.7 Å². The minimum Gasteiger partial charge on any atom is -0.497 e. The molecule has 238 valence electrons. The molecule has 5 rings (SSSR count). The van der Waals surface area contributed by atoms with E-state index < -0.39 is 11.9 Å². The first-order valence-corrected chi connectivity index (χ1v) is 14.8. The van der Waals surface area contributed by atoms with Gasteiger partial charge in [-0.05, 0) is 71.5 Å². The van der Waals surface area contributed by atoms with Gasteiger partial charge in [0, 0.05) is 51.4 Å². The van der Waals surface area contributed by atoms with Crippen LogP contribution < -0.4 is 4.74 Å². The van der Waals surface area contributed by atoms with Crippen molar-refractivity contribution in [3.8, 4) is 5.75 Å². The van der Waals surface area contributed by atoms with Gasteiger partial charge >= 0.3 is 11.9 Å². The number of nitrogens with zero attached hydrogens (tertiary/aromatic N) is 2. The fraction of sp³-hybridized carbons (Fsp3) is 0.314. The van der Waals surface area contributed by atoms with Gasteiger partial charge in [0.2, 0.25) is 0 Å². The predicted molar refractivity (Wildman–Crippen MR) is 167 cm³/mol. The lowest BCUT2D eigenvalue weighted by Crippen LogP contribution is -2.47. The van der Waals surface area contributed by atoms with Gasteiger partial charge in [-0.25, -0.2) is 18.4 Å². The molecule has 0 spiro atoms. The number of ether oxygens (including phenoxy) is 2. The summed E-state index contributed by atoms with van der Waals surface area (Å²) in [5.74, 6) is -2.15. The monoisotopic (exact) mass is 620 g/mol. The van der Waals surface area contributed by atoms with Crippen molar-refractivity contribution in [1.29, 1.82) is 0 Å². The fourth-order valence-electron chi connectivity index (χ4n) is 5.34. The second-order valence-corrected chi connectivity index (χ2v) is 10.8. The number of carboxylic acid groups (broad SMARTS) is 2. The number of benzene rings is 3. The summed E-state index contributed by atoms with van der Waals surface area (Å²) >= 11 is 0. The molecule has 1 fully saturated rings. The van der Waals surface area contributed by atoms with Crippen LogP contribution in [0.2, 0.25) is 0 Å². The van der Waals surface area contributed by atoms with Crippen molar-refractivity contribution in [2.24, 2.45) is 0 Å². The van der Waals surface area contributed by atoms with E-state index in [1.54, 1.807) is 31.4 Å². The summed E-state index contributed by atoms with van der Waals surface area (Å²) in [4.78, 5) is 24.1. The lowest BCUT2D eigenvalue weighted by atomic mass is 9.91. The number of hydrogen-bond acceptors (Lipinski definition) is 6. The molecule has 3 aromatic carbocycles. The van der Waals surface area contributed by atoms with Crippen molar-refractivity contribution >= 4 is 18.0 Å². The van der Waals surface area contributed by atoms with Crippen LogP contribution in [0, 0.1) is 11.6 Å². The van der Waals surface area contributed by atoms with E-state index in [4.69, 9.17) is 19.7 Å². The first-order valence-electron chi connectivity index (χ1n) is 14.8. The molecule has 10 heteroatoms. The van der Waals surface area contributed by atoms with Gasteiger partial charge in [0.15, 0.2) is 0 Å². The molecule has 1 saturated heterocycles. The highest BCUT2D eigenvalue weighted by molar-refractivity contribution is 5.89. The summed E-state index contributed by atoms with van der Waals surface area (Å²) < 4.78 is 38.6. The van der Waals surface area contributed by atoms with Crippen molar-refractivity contribution in [3.63, 3.8) is 0 Å². The van der Waals surface area contributed by atoms with E-state index in [0.29, 0.717) is 18.8 Å². The van der Waals surface area contributed by atoms with Gasteiger partial charge in [-0.3, -0.25) is 9.80 Å². The molecular formula is C35H38F2N2O6. The maximum Gasteiger partial charge on any atom is 0.328 e. The number of carboxylic acids is 2. The Balaban J connectivity index is 0.000000510. The predicted octanol–water partition coefficient (Wildman–Crippen LogP) is 5.44. The number of hydrogen-bond donors (Lipinski definition) is 2. The van der Waals surface area contributed by atoms with Crippen molar-refractivity contribution in [2.45, 2.75) is 18.9 Å². The molecule has 0 radical (unpaired) electrons. The second kappa shape index (κ2) is 16.6. The lowest BCUT2D eigenvalue weighted by Gasteiger charge is -2.35. The third-order valence-electron chi connectivity index (χ3n) is 7.72. The third-order valence-corrected chi connectivity index (χ3v) is 7.72. The summed E-state index contributed by atoms with van der Waals surface area (Å²) in [5.41, 5.74) is 5.90. The van der Waals surface area contributed by atoms with Gasteiger partial charge in [-0.1, -0.05) is 42.0 Å². The summed E-state index contributed by atoms with van der Waals surface area (Å²) in [6.45, 7) is 6.46. The number of methoxy groups -OCH3 is 1. The lowest BCUT2D eigenvalue weighted by molar-refractivity contribution is -0.134. The van der Waals surface area contributed by atoms with Gasteiger partial charge in [0.25, 0.3) is 0 Å². The zero-order valence-corrected chi connectivity index (χ0v) is 25.2. The van der Waals surface area contributed by atoms with E-state index in [0.717, 1.165) is 69.0 Å². The largest absolute Gasteiger partial charge is 0.497 e. The molecule has 3 aromatic rings. The third kappa shape index (κ3) is 10.6. The molecule has 0 saturated carbocycles. The van der Waals surface area contributed by atoms with Crippen molar-refractivity contribution in [1.82, 2.24) is 9.80 Å². The van der Waals surface area contributed by atoms with Crippen LogP contribution in [0.4, 0.5) is 8.78 Å². The van der Waals surface area contributed by atoms with E-state index in [9.17, 15) is 18.4 Å². The molecule has 0 unspecified atom stereocenters. The Labute approximate surface area is 261 Å². The van der Waals surface area contributed by atoms with Crippen LogP contribution in [0.25, 0.3) is 6.08 Å². The summed E-state index contributed by atoms with van der Waals surface area (Å²) in [5, 5.41) is 15.6. The maximum atomic E-state index is 13.5. The van der Waals surface area contributed by atoms with Crippen molar-refractivity contribution in [3.05, 3.63) is 118 Å². The molecule has 1 aliphatic heterocycles. The van der Waals surface area contributed by atoms with Crippen LogP contribution in [-0.2, 0) is 20.7 Å². The van der Waals surface area contributed by atoms with Gasteiger partial charge in [0.1, 0.15) is 23.5 Å². The normalized spacial score (nSPS) is 15.2. The van der Waals surface area contributed by atoms with Crippen LogP contribution in [-0.4, -0.2) is 84.9 Å². The number of aliphatic carboxylic acids is 2. The molecule has 1 aliphatic carbocycles. The minimum atomic E-state index is -1.26. The van der Waals surface area contributed by atoms with Gasteiger partial charge in [-0.2, -0.15) is 0 Å². The maximum absolute atomic E-state index is 13.5. The van der Waals surface area contributed by atoms with Crippen molar-refractivity contribution in [2.75, 3.05) is 53.0 Å². The Bertz CT molecular complexity index is 1420. The number of rotatable bonds is 11. The molecular weight excluding hydrogens is 582 g/mol. The minimum absolute atomic E-state index is 0.284. The molecule has 0 bridgehead atoms. The molecule has 0 atom stereocenters. The Morgan fingerprint density at radius 2 is 1.38 bits per heavy atom. The highest BCUT2D eigenvalue weighted by Gasteiger charge is 2.21. The summed E-state index contributed by atoms with van der Waals surface area (Å²) in [7, 11) is 1.72. The summed E-state index contributed by atoms with van der Waals surface area (Å²) in [6, 6.07) is 19.0. The highest BCUT2D eigenvalue weighted by Crippen LogP contribution is 2.29. The topological polar surface area (TPSA) is 99.5 Å². The van der Waals surface area contributed by atoms with Gasteiger partial charge < -0.3 is 19.7 Å². The first-order chi connectivity index (χ1) is 21.7. The highest BCUT2D eigenvalue weighted by atomic mass is 19.1. The van der Waals surface area contributed by atoms with E-state index >= 15 is 0 Å². The van der Waals surface area contributed by atoms with Crippen LogP contribution in [0.3, 0.4) is 0 Å². The SMILES string of the molecule is COc1ccc2c(c1)CCC(CN1CCN(CCOC(c3ccc(F)cc3)c3ccc(F)cc3)CC1)=C2.O=C(O)/C=C\C(=O)O. The molecule has 0 amide bonds. The molecule has 0 aromatic heterocycles. The standard InChI is InChI=1S/C31H34F2N2O2.C4H4O4/c1-36-30-13-8-26-20-23(2-3-27(26)21-30)22-35-16-14-34(15-17-35)18-19-37-31(24-4-9-28(32)10-5-24)25-6-11-29(33)12-7-25;5-3(6)1-2-4(7)8/h4-13,20-21,31H,2-3,14-19,22H2,1H3;1-2H,(H,5,6)(H,7,8)/b;2-1-. The number of aryl methyl sites for hydroxylation is 1. The van der Waals surface area contributed by atoms with Crippen LogP contribution in [0.15, 0.2) is 84.5 Å². The van der Waals surface area contributed by atoms with E-state index in [1.807, 2.05) is 6.07 Å². The van der Waals surface area contributed by atoms with Gasteiger partial charge in [-0.15, -0.1) is 0 Å². The second-order valence-electron chi connectivity index (χ2n) is 10.8. The quantitative estimate of drug-likeness (QED) is 0.274. The van der Waals surface area contributed by atoms with Crippen LogP contribution >= 0.6 is 0 Å². The average Bonchev–Trinajstić information content (AvgIpc) is 3.04. The molecule has 2 aliphatic rings.